The normalized spacial score (nSPS) is 11.3. The van der Waals surface area contributed by atoms with Crippen molar-refractivity contribution in [3.05, 3.63) is 63.1 Å². The third-order valence-corrected chi connectivity index (χ3v) is 4.75. The molecule has 0 atom stereocenters. The molecule has 0 spiro atoms. The van der Waals surface area contributed by atoms with E-state index in [-0.39, 0.29) is 11.5 Å². The van der Waals surface area contributed by atoms with Crippen LogP contribution in [0.2, 0.25) is 5.02 Å². The summed E-state index contributed by atoms with van der Waals surface area (Å²) in [5.74, 6) is -0.199. The summed E-state index contributed by atoms with van der Waals surface area (Å²) in [4.78, 5) is 12.3. The van der Waals surface area contributed by atoms with Gasteiger partial charge in [0.2, 0.25) is 11.2 Å². The Morgan fingerprint density at radius 3 is 2.77 bits per heavy atom. The minimum absolute atomic E-state index is 0.178. The smallest absolute Gasteiger partial charge is 0.235 e. The Hall–Kier alpha value is -2.30. The van der Waals surface area contributed by atoms with Gasteiger partial charge >= 0.3 is 0 Å². The first-order valence-corrected chi connectivity index (χ1v) is 7.83. The molecule has 2 heterocycles. The molecular weight excluding hydrogens is 320 g/mol. The molecule has 3 nitrogen and oxygen atoms in total. The van der Waals surface area contributed by atoms with E-state index in [2.05, 4.69) is 0 Å². The van der Waals surface area contributed by atoms with Crippen molar-refractivity contribution in [2.75, 3.05) is 0 Å². The zero-order valence-corrected chi connectivity index (χ0v) is 12.7. The number of hydrogen-bond acceptors (Lipinski definition) is 4. The molecule has 0 saturated heterocycles. The van der Waals surface area contributed by atoms with Gasteiger partial charge in [-0.15, -0.1) is 11.3 Å². The molecule has 4 aromatic rings. The van der Waals surface area contributed by atoms with Gasteiger partial charge in [-0.25, -0.2) is 0 Å². The second-order valence-corrected chi connectivity index (χ2v) is 6.24. The van der Waals surface area contributed by atoms with Gasteiger partial charge in [0.05, 0.1) is 5.39 Å². The quantitative estimate of drug-likeness (QED) is 0.533. The standard InChI is InChI=1S/C17H9ClO3S/c18-9-5-6-11-13(7-9)21-17(16(20)15(11)19)12-8-22-14-4-2-1-3-10(12)14/h1-8,20H. The Labute approximate surface area is 134 Å². The van der Waals surface area contributed by atoms with Crippen LogP contribution in [-0.2, 0) is 0 Å². The second-order valence-electron chi connectivity index (χ2n) is 4.89. The highest BCUT2D eigenvalue weighted by molar-refractivity contribution is 7.17. The number of thiophene rings is 1. The molecule has 0 bridgehead atoms. The van der Waals surface area contributed by atoms with Crippen LogP contribution in [0.3, 0.4) is 0 Å². The largest absolute Gasteiger partial charge is 0.502 e. The summed E-state index contributed by atoms with van der Waals surface area (Å²) in [5, 5.41) is 13.9. The van der Waals surface area contributed by atoms with Crippen molar-refractivity contribution in [1.29, 1.82) is 0 Å². The summed E-state index contributed by atoms with van der Waals surface area (Å²) >= 11 is 7.49. The van der Waals surface area contributed by atoms with Crippen LogP contribution in [0.25, 0.3) is 32.4 Å². The average molecular weight is 329 g/mol. The summed E-state index contributed by atoms with van der Waals surface area (Å²) in [6.45, 7) is 0. The summed E-state index contributed by atoms with van der Waals surface area (Å²) in [5.41, 5.74) is 0.612. The van der Waals surface area contributed by atoms with Gasteiger partial charge in [-0.3, -0.25) is 4.79 Å². The molecule has 108 valence electrons. The molecule has 0 fully saturated rings. The van der Waals surface area contributed by atoms with E-state index in [1.165, 1.54) is 11.3 Å². The van der Waals surface area contributed by atoms with Crippen molar-refractivity contribution >= 4 is 44.0 Å². The maximum atomic E-state index is 12.3. The molecule has 2 aromatic heterocycles. The Morgan fingerprint density at radius 2 is 1.91 bits per heavy atom. The first-order valence-electron chi connectivity index (χ1n) is 6.57. The lowest BCUT2D eigenvalue weighted by molar-refractivity contribution is 0.449. The molecule has 0 aliphatic rings. The van der Waals surface area contributed by atoms with Crippen LogP contribution < -0.4 is 5.43 Å². The lowest BCUT2D eigenvalue weighted by Crippen LogP contribution is -2.02. The maximum absolute atomic E-state index is 12.3. The van der Waals surface area contributed by atoms with E-state index in [0.717, 1.165) is 10.1 Å². The predicted molar refractivity (Wildman–Crippen MR) is 90.0 cm³/mol. The molecule has 5 heteroatoms. The third-order valence-electron chi connectivity index (χ3n) is 3.56. The molecule has 0 saturated carbocycles. The SMILES string of the molecule is O=c1c(O)c(-c2csc3ccccc23)oc2cc(Cl)ccc12. The van der Waals surface area contributed by atoms with Crippen molar-refractivity contribution < 1.29 is 9.52 Å². The van der Waals surface area contributed by atoms with Gasteiger partial charge in [0.25, 0.3) is 0 Å². The van der Waals surface area contributed by atoms with Gasteiger partial charge in [-0.1, -0.05) is 29.8 Å². The third kappa shape index (κ3) is 1.92. The van der Waals surface area contributed by atoms with Crippen LogP contribution in [0.4, 0.5) is 0 Å². The number of aromatic hydroxyl groups is 1. The van der Waals surface area contributed by atoms with Gasteiger partial charge in [-0.2, -0.15) is 0 Å². The molecule has 0 unspecified atom stereocenters. The highest BCUT2D eigenvalue weighted by Gasteiger charge is 2.18. The van der Waals surface area contributed by atoms with Crippen LogP contribution in [0.15, 0.2) is 57.1 Å². The summed E-state index contributed by atoms with van der Waals surface area (Å²) < 4.78 is 6.84. The topological polar surface area (TPSA) is 50.4 Å². The number of benzene rings is 2. The average Bonchev–Trinajstić information content (AvgIpc) is 2.94. The van der Waals surface area contributed by atoms with Crippen LogP contribution in [0, 0.1) is 0 Å². The van der Waals surface area contributed by atoms with E-state index in [9.17, 15) is 9.90 Å². The number of rotatable bonds is 1. The van der Waals surface area contributed by atoms with Crippen molar-refractivity contribution in [2.24, 2.45) is 0 Å². The second kappa shape index (κ2) is 4.87. The Morgan fingerprint density at radius 1 is 1.09 bits per heavy atom. The Balaban J connectivity index is 2.10. The summed E-state index contributed by atoms with van der Waals surface area (Å²) in [6, 6.07) is 12.5. The lowest BCUT2D eigenvalue weighted by Gasteiger charge is -2.05. The van der Waals surface area contributed by atoms with E-state index >= 15 is 0 Å². The zero-order chi connectivity index (χ0) is 15.3. The molecule has 1 N–H and O–H groups in total. The number of hydrogen-bond donors (Lipinski definition) is 1. The van der Waals surface area contributed by atoms with E-state index in [0.29, 0.717) is 21.6 Å². The minimum Gasteiger partial charge on any atom is -0.502 e. The Kier molecular flexibility index (Phi) is 2.96. The molecule has 0 amide bonds. The maximum Gasteiger partial charge on any atom is 0.235 e. The molecule has 2 aromatic carbocycles. The van der Waals surface area contributed by atoms with Crippen molar-refractivity contribution in [3.8, 4) is 17.1 Å². The van der Waals surface area contributed by atoms with Gasteiger partial charge < -0.3 is 9.52 Å². The van der Waals surface area contributed by atoms with E-state index < -0.39 is 5.43 Å². The van der Waals surface area contributed by atoms with E-state index in [1.54, 1.807) is 18.2 Å². The summed E-state index contributed by atoms with van der Waals surface area (Å²) in [7, 11) is 0. The van der Waals surface area contributed by atoms with Crippen molar-refractivity contribution in [3.63, 3.8) is 0 Å². The molecule has 4 rings (SSSR count). The van der Waals surface area contributed by atoms with Gasteiger partial charge in [-0.05, 0) is 18.2 Å². The Bertz CT molecular complexity index is 1080. The predicted octanol–water partition coefficient (Wildman–Crippen LogP) is 5.03. The monoisotopic (exact) mass is 328 g/mol. The number of fused-ring (bicyclic) bond motifs is 2. The highest BCUT2D eigenvalue weighted by atomic mass is 35.5. The fourth-order valence-corrected chi connectivity index (χ4v) is 3.60. The molecule has 0 radical (unpaired) electrons. The first-order chi connectivity index (χ1) is 10.6. The highest BCUT2D eigenvalue weighted by Crippen LogP contribution is 2.38. The zero-order valence-electron chi connectivity index (χ0n) is 11.2. The van der Waals surface area contributed by atoms with Gasteiger partial charge in [0.1, 0.15) is 5.58 Å². The number of halogens is 1. The fraction of sp³-hybridized carbons (Fsp3) is 0. The van der Waals surface area contributed by atoms with Crippen LogP contribution in [0.1, 0.15) is 0 Å². The van der Waals surface area contributed by atoms with Gasteiger partial charge in [0, 0.05) is 32.1 Å². The molecular formula is C17H9ClO3S. The lowest BCUT2D eigenvalue weighted by atomic mass is 10.1. The molecule has 0 aliphatic carbocycles. The first kappa shape index (κ1) is 13.4. The van der Waals surface area contributed by atoms with Crippen molar-refractivity contribution in [1.82, 2.24) is 0 Å². The van der Waals surface area contributed by atoms with Crippen LogP contribution in [-0.4, -0.2) is 5.11 Å². The van der Waals surface area contributed by atoms with Crippen LogP contribution in [0.5, 0.6) is 5.75 Å². The van der Waals surface area contributed by atoms with E-state index in [1.807, 2.05) is 29.6 Å². The van der Waals surface area contributed by atoms with Crippen molar-refractivity contribution in [2.45, 2.75) is 0 Å². The summed E-state index contributed by atoms with van der Waals surface area (Å²) in [6.07, 6.45) is 0. The minimum atomic E-state index is -0.455. The van der Waals surface area contributed by atoms with E-state index in [4.69, 9.17) is 16.0 Å². The molecule has 22 heavy (non-hydrogen) atoms. The molecule has 0 aliphatic heterocycles. The van der Waals surface area contributed by atoms with Crippen LogP contribution >= 0.6 is 22.9 Å². The fourth-order valence-electron chi connectivity index (χ4n) is 2.49. The van der Waals surface area contributed by atoms with Gasteiger partial charge in [0.15, 0.2) is 5.76 Å².